The minimum Gasteiger partial charge on any atom is -0.466 e. The summed E-state index contributed by atoms with van der Waals surface area (Å²) in [5, 5.41) is 0.440. The first-order valence-electron chi connectivity index (χ1n) is 6.21. The molecule has 0 aliphatic rings. The molecular weight excluding hydrogens is 266 g/mol. The molecule has 0 aliphatic heterocycles. The SMILES string of the molecule is CCOC(=O)CCc1sc(N)c(C(=O)OCC)c1C. The number of ether oxygens (including phenoxy) is 2. The fourth-order valence-corrected chi connectivity index (χ4v) is 2.79. The molecule has 6 heteroatoms. The summed E-state index contributed by atoms with van der Waals surface area (Å²) < 4.78 is 9.83. The number of thiophene rings is 1. The molecule has 0 aromatic carbocycles. The van der Waals surface area contributed by atoms with Gasteiger partial charge in [-0.3, -0.25) is 4.79 Å². The average Bonchev–Trinajstić information content (AvgIpc) is 2.62. The zero-order chi connectivity index (χ0) is 14.4. The van der Waals surface area contributed by atoms with Gasteiger partial charge >= 0.3 is 11.9 Å². The van der Waals surface area contributed by atoms with Gasteiger partial charge in [-0.2, -0.15) is 0 Å². The highest BCUT2D eigenvalue weighted by Gasteiger charge is 2.20. The van der Waals surface area contributed by atoms with E-state index in [4.69, 9.17) is 15.2 Å². The molecule has 1 aromatic heterocycles. The Hall–Kier alpha value is -1.56. The third kappa shape index (κ3) is 3.96. The van der Waals surface area contributed by atoms with E-state index in [-0.39, 0.29) is 12.4 Å². The van der Waals surface area contributed by atoms with Crippen LogP contribution in [0.25, 0.3) is 0 Å². The van der Waals surface area contributed by atoms with Gasteiger partial charge in [0, 0.05) is 4.88 Å². The molecule has 5 nitrogen and oxygen atoms in total. The number of hydrogen-bond donors (Lipinski definition) is 1. The Kier molecular flexibility index (Phi) is 5.82. The van der Waals surface area contributed by atoms with E-state index in [1.807, 2.05) is 6.92 Å². The number of esters is 2. The number of rotatable bonds is 6. The fourth-order valence-electron chi connectivity index (χ4n) is 1.73. The number of hydrogen-bond acceptors (Lipinski definition) is 6. The first-order chi connectivity index (χ1) is 9.01. The maximum atomic E-state index is 11.8. The van der Waals surface area contributed by atoms with Gasteiger partial charge in [-0.1, -0.05) is 0 Å². The summed E-state index contributed by atoms with van der Waals surface area (Å²) in [7, 11) is 0. The molecule has 0 saturated carbocycles. The highest BCUT2D eigenvalue weighted by molar-refractivity contribution is 7.16. The molecule has 0 unspecified atom stereocenters. The second-order valence-electron chi connectivity index (χ2n) is 3.91. The molecular formula is C13H19NO4S. The minimum absolute atomic E-state index is 0.244. The van der Waals surface area contributed by atoms with Crippen LogP contribution in [0.2, 0.25) is 0 Å². The van der Waals surface area contributed by atoms with E-state index in [9.17, 15) is 9.59 Å². The van der Waals surface area contributed by atoms with Crippen molar-refractivity contribution in [1.29, 1.82) is 0 Å². The van der Waals surface area contributed by atoms with Crippen LogP contribution in [0, 0.1) is 6.92 Å². The summed E-state index contributed by atoms with van der Waals surface area (Å²) in [4.78, 5) is 24.0. The average molecular weight is 285 g/mol. The van der Waals surface area contributed by atoms with E-state index in [0.717, 1.165) is 10.4 Å². The topological polar surface area (TPSA) is 78.6 Å². The molecule has 106 valence electrons. The molecule has 1 rings (SSSR count). The van der Waals surface area contributed by atoms with E-state index in [2.05, 4.69) is 0 Å². The van der Waals surface area contributed by atoms with Crippen molar-refractivity contribution < 1.29 is 19.1 Å². The van der Waals surface area contributed by atoms with E-state index in [1.54, 1.807) is 13.8 Å². The van der Waals surface area contributed by atoms with Crippen LogP contribution < -0.4 is 5.73 Å². The van der Waals surface area contributed by atoms with Crippen LogP contribution in [0.4, 0.5) is 5.00 Å². The molecule has 0 fully saturated rings. The lowest BCUT2D eigenvalue weighted by atomic mass is 10.1. The Bertz CT molecular complexity index is 467. The van der Waals surface area contributed by atoms with Gasteiger partial charge in [0.25, 0.3) is 0 Å². The molecule has 0 spiro atoms. The number of carbonyl (C=O) groups is 2. The van der Waals surface area contributed by atoms with Gasteiger partial charge in [0.15, 0.2) is 0 Å². The van der Waals surface area contributed by atoms with E-state index >= 15 is 0 Å². The summed E-state index contributed by atoms with van der Waals surface area (Å²) in [6, 6.07) is 0. The number of nitrogen functional groups attached to an aromatic ring is 1. The fraction of sp³-hybridized carbons (Fsp3) is 0.538. The maximum Gasteiger partial charge on any atom is 0.341 e. The summed E-state index contributed by atoms with van der Waals surface area (Å²) in [5.41, 5.74) is 7.06. The van der Waals surface area contributed by atoms with Gasteiger partial charge in [0.2, 0.25) is 0 Å². The lowest BCUT2D eigenvalue weighted by Crippen LogP contribution is -2.08. The summed E-state index contributed by atoms with van der Waals surface area (Å²) in [6.07, 6.45) is 0.815. The lowest BCUT2D eigenvalue weighted by Gasteiger charge is -2.03. The Morgan fingerprint density at radius 3 is 2.42 bits per heavy atom. The highest BCUT2D eigenvalue weighted by atomic mass is 32.1. The number of nitrogens with two attached hydrogens (primary N) is 1. The van der Waals surface area contributed by atoms with Gasteiger partial charge in [0.1, 0.15) is 5.00 Å². The quantitative estimate of drug-likeness (QED) is 0.811. The normalized spacial score (nSPS) is 10.3. The van der Waals surface area contributed by atoms with Crippen molar-refractivity contribution in [1.82, 2.24) is 0 Å². The van der Waals surface area contributed by atoms with Crippen LogP contribution in [-0.2, 0) is 20.7 Å². The first kappa shape index (κ1) is 15.5. The highest BCUT2D eigenvalue weighted by Crippen LogP contribution is 2.32. The molecule has 2 N–H and O–H groups in total. The van der Waals surface area contributed by atoms with Crippen molar-refractivity contribution in [3.63, 3.8) is 0 Å². The molecule has 0 aliphatic carbocycles. The second-order valence-corrected chi connectivity index (χ2v) is 5.05. The Labute approximate surface area is 116 Å². The van der Waals surface area contributed by atoms with Crippen molar-refractivity contribution >= 4 is 28.3 Å². The summed E-state index contributed by atoms with van der Waals surface area (Å²) in [6.45, 7) is 6.02. The summed E-state index contributed by atoms with van der Waals surface area (Å²) in [5.74, 6) is -0.650. The van der Waals surface area contributed by atoms with E-state index < -0.39 is 5.97 Å². The zero-order valence-corrected chi connectivity index (χ0v) is 12.3. The van der Waals surface area contributed by atoms with E-state index in [1.165, 1.54) is 11.3 Å². The second kappa shape index (κ2) is 7.13. The van der Waals surface area contributed by atoms with Crippen molar-refractivity contribution in [3.05, 3.63) is 16.0 Å². The molecule has 0 saturated heterocycles. The third-order valence-electron chi connectivity index (χ3n) is 2.61. The molecule has 1 heterocycles. The predicted molar refractivity (Wildman–Crippen MR) is 74.4 cm³/mol. The van der Waals surface area contributed by atoms with Crippen LogP contribution >= 0.6 is 11.3 Å². The van der Waals surface area contributed by atoms with Crippen molar-refractivity contribution in [2.24, 2.45) is 0 Å². The van der Waals surface area contributed by atoms with Gasteiger partial charge in [-0.05, 0) is 32.8 Å². The van der Waals surface area contributed by atoms with Crippen LogP contribution in [0.1, 0.15) is 41.1 Å². The van der Waals surface area contributed by atoms with Gasteiger partial charge in [-0.15, -0.1) is 11.3 Å². The largest absolute Gasteiger partial charge is 0.466 e. The molecule has 0 amide bonds. The van der Waals surface area contributed by atoms with Crippen LogP contribution in [0.15, 0.2) is 0 Å². The van der Waals surface area contributed by atoms with Crippen LogP contribution in [0.5, 0.6) is 0 Å². The zero-order valence-electron chi connectivity index (χ0n) is 11.4. The first-order valence-corrected chi connectivity index (χ1v) is 7.03. The van der Waals surface area contributed by atoms with Crippen molar-refractivity contribution in [3.8, 4) is 0 Å². The smallest absolute Gasteiger partial charge is 0.341 e. The third-order valence-corrected chi connectivity index (χ3v) is 3.79. The monoisotopic (exact) mass is 285 g/mol. The van der Waals surface area contributed by atoms with Crippen LogP contribution in [0.3, 0.4) is 0 Å². The Balaban J connectivity index is 2.79. The number of anilines is 1. The molecule has 0 atom stereocenters. The molecule has 1 aromatic rings. The number of aryl methyl sites for hydroxylation is 1. The molecule has 0 radical (unpaired) electrons. The Morgan fingerprint density at radius 1 is 1.21 bits per heavy atom. The standard InChI is InChI=1S/C13H19NO4S/c1-4-17-10(15)7-6-9-8(3)11(12(14)19-9)13(16)18-5-2/h4-7,14H2,1-3H3. The van der Waals surface area contributed by atoms with Crippen molar-refractivity contribution in [2.45, 2.75) is 33.6 Å². The van der Waals surface area contributed by atoms with E-state index in [0.29, 0.717) is 30.2 Å². The Morgan fingerprint density at radius 2 is 1.84 bits per heavy atom. The lowest BCUT2D eigenvalue weighted by molar-refractivity contribution is -0.143. The van der Waals surface area contributed by atoms with Gasteiger partial charge < -0.3 is 15.2 Å². The summed E-state index contributed by atoms with van der Waals surface area (Å²) >= 11 is 1.32. The van der Waals surface area contributed by atoms with Gasteiger partial charge in [0.05, 0.1) is 25.2 Å². The maximum absolute atomic E-state index is 11.8. The minimum atomic E-state index is -0.406. The van der Waals surface area contributed by atoms with Crippen LogP contribution in [-0.4, -0.2) is 25.2 Å². The molecule has 0 bridgehead atoms. The molecule has 19 heavy (non-hydrogen) atoms. The van der Waals surface area contributed by atoms with Gasteiger partial charge in [-0.25, -0.2) is 4.79 Å². The number of carbonyl (C=O) groups excluding carboxylic acids is 2. The predicted octanol–water partition coefficient (Wildman–Crippen LogP) is 2.31. The van der Waals surface area contributed by atoms with Crippen molar-refractivity contribution in [2.75, 3.05) is 18.9 Å².